The number of aromatic nitrogens is 4. The predicted octanol–water partition coefficient (Wildman–Crippen LogP) is 1.38. The first kappa shape index (κ1) is 7.79. The molecule has 2 aromatic heterocycles. The second-order valence-corrected chi connectivity index (χ2v) is 4.26. The Morgan fingerprint density at radius 3 is 2.86 bits per heavy atom. The molecule has 0 atom stereocenters. The molecule has 0 amide bonds. The third-order valence-electron chi connectivity index (χ3n) is 3.00. The smallest absolute Gasteiger partial charge is 0.112 e. The average Bonchev–Trinajstić information content (AvgIpc) is 2.70. The van der Waals surface area contributed by atoms with E-state index in [-0.39, 0.29) is 5.54 Å². The monoisotopic (exact) mass is 188 g/mol. The van der Waals surface area contributed by atoms with E-state index in [9.17, 15) is 0 Å². The third kappa shape index (κ3) is 0.660. The highest BCUT2D eigenvalue weighted by molar-refractivity contribution is 5.64. The standard InChI is InChI=1S/C10H12N4/c1-10(2)9-8(12-6-13(9)3)7-4-11-5-14(7)10/h4-6H,1-3H3. The van der Waals surface area contributed by atoms with E-state index in [0.29, 0.717) is 0 Å². The number of hydrogen-bond donors (Lipinski definition) is 0. The predicted molar refractivity (Wildman–Crippen MR) is 52.9 cm³/mol. The van der Waals surface area contributed by atoms with Gasteiger partial charge in [0.25, 0.3) is 0 Å². The maximum Gasteiger partial charge on any atom is 0.112 e. The molecule has 4 heteroatoms. The maximum atomic E-state index is 4.41. The van der Waals surface area contributed by atoms with Crippen LogP contribution < -0.4 is 0 Å². The molecule has 0 aliphatic carbocycles. The number of nitrogens with zero attached hydrogens (tertiary/aromatic N) is 4. The van der Waals surface area contributed by atoms with Crippen molar-refractivity contribution in [1.29, 1.82) is 0 Å². The van der Waals surface area contributed by atoms with Gasteiger partial charge in [0.2, 0.25) is 0 Å². The highest BCUT2D eigenvalue weighted by Crippen LogP contribution is 2.41. The lowest BCUT2D eigenvalue weighted by Gasteiger charge is -2.22. The van der Waals surface area contributed by atoms with E-state index in [1.165, 1.54) is 5.69 Å². The van der Waals surface area contributed by atoms with E-state index in [0.717, 1.165) is 11.4 Å². The summed E-state index contributed by atoms with van der Waals surface area (Å²) < 4.78 is 4.26. The largest absolute Gasteiger partial charge is 0.335 e. The number of rotatable bonds is 0. The first-order valence-corrected chi connectivity index (χ1v) is 4.67. The molecule has 0 radical (unpaired) electrons. The summed E-state index contributed by atoms with van der Waals surface area (Å²) in [6, 6.07) is 0. The van der Waals surface area contributed by atoms with Crippen LogP contribution in [0.5, 0.6) is 0 Å². The van der Waals surface area contributed by atoms with Crippen molar-refractivity contribution < 1.29 is 0 Å². The lowest BCUT2D eigenvalue weighted by atomic mass is 10.0. The number of aryl methyl sites for hydroxylation is 1. The van der Waals surface area contributed by atoms with Gasteiger partial charge in [-0.15, -0.1) is 0 Å². The van der Waals surface area contributed by atoms with Crippen LogP contribution >= 0.6 is 0 Å². The van der Waals surface area contributed by atoms with Gasteiger partial charge in [0.1, 0.15) is 5.69 Å². The second kappa shape index (κ2) is 2.08. The van der Waals surface area contributed by atoms with E-state index in [4.69, 9.17) is 0 Å². The maximum absolute atomic E-state index is 4.41. The Labute approximate surface area is 82.2 Å². The Kier molecular flexibility index (Phi) is 1.16. The molecule has 1 aliphatic heterocycles. The van der Waals surface area contributed by atoms with Crippen LogP contribution in [0.15, 0.2) is 18.9 Å². The minimum atomic E-state index is -0.0353. The molecule has 0 saturated heterocycles. The molecule has 4 nitrogen and oxygen atoms in total. The molecule has 2 aromatic rings. The molecule has 0 bridgehead atoms. The Hall–Kier alpha value is -1.58. The fraction of sp³-hybridized carbons (Fsp3) is 0.400. The van der Waals surface area contributed by atoms with Gasteiger partial charge in [0.15, 0.2) is 0 Å². The zero-order valence-electron chi connectivity index (χ0n) is 8.52. The third-order valence-corrected chi connectivity index (χ3v) is 3.00. The zero-order chi connectivity index (χ0) is 9.92. The van der Waals surface area contributed by atoms with Crippen LogP contribution in [0.4, 0.5) is 0 Å². The van der Waals surface area contributed by atoms with Gasteiger partial charge >= 0.3 is 0 Å². The van der Waals surface area contributed by atoms with Crippen molar-refractivity contribution in [3.8, 4) is 11.4 Å². The molecule has 0 unspecified atom stereocenters. The van der Waals surface area contributed by atoms with Gasteiger partial charge in [0, 0.05) is 7.05 Å². The van der Waals surface area contributed by atoms with E-state index < -0.39 is 0 Å². The van der Waals surface area contributed by atoms with Gasteiger partial charge in [-0.25, -0.2) is 9.97 Å². The van der Waals surface area contributed by atoms with Gasteiger partial charge in [0.05, 0.1) is 35.8 Å². The summed E-state index contributed by atoms with van der Waals surface area (Å²) in [5, 5.41) is 0. The van der Waals surface area contributed by atoms with Crippen LogP contribution in [0, 0.1) is 0 Å². The van der Waals surface area contributed by atoms with Crippen LogP contribution in [0.3, 0.4) is 0 Å². The van der Waals surface area contributed by atoms with Crippen LogP contribution in [-0.4, -0.2) is 19.1 Å². The summed E-state index contributed by atoms with van der Waals surface area (Å²) in [7, 11) is 2.04. The summed E-state index contributed by atoms with van der Waals surface area (Å²) in [5.74, 6) is 0. The number of hydrogen-bond acceptors (Lipinski definition) is 2. The van der Waals surface area contributed by atoms with Crippen molar-refractivity contribution in [2.24, 2.45) is 7.05 Å². The Morgan fingerprint density at radius 2 is 2.07 bits per heavy atom. The number of fused-ring (bicyclic) bond motifs is 3. The fourth-order valence-electron chi connectivity index (χ4n) is 2.37. The molecule has 0 fully saturated rings. The number of imidazole rings is 2. The molecule has 0 N–H and O–H groups in total. The van der Waals surface area contributed by atoms with Crippen molar-refractivity contribution in [2.45, 2.75) is 19.4 Å². The SMILES string of the molecule is Cn1cnc2c1C(C)(C)n1cncc1-2. The van der Waals surface area contributed by atoms with Gasteiger partial charge in [-0.05, 0) is 13.8 Å². The zero-order valence-corrected chi connectivity index (χ0v) is 8.52. The molecule has 72 valence electrons. The molecular weight excluding hydrogens is 176 g/mol. The molecule has 14 heavy (non-hydrogen) atoms. The van der Waals surface area contributed by atoms with Crippen molar-refractivity contribution in [1.82, 2.24) is 19.1 Å². The highest BCUT2D eigenvalue weighted by atomic mass is 15.2. The molecule has 0 saturated carbocycles. The highest BCUT2D eigenvalue weighted by Gasteiger charge is 2.38. The van der Waals surface area contributed by atoms with E-state index in [2.05, 4.69) is 32.9 Å². The minimum Gasteiger partial charge on any atom is -0.335 e. The fourth-order valence-corrected chi connectivity index (χ4v) is 2.37. The second-order valence-electron chi connectivity index (χ2n) is 4.26. The first-order valence-electron chi connectivity index (χ1n) is 4.67. The Bertz CT molecular complexity index is 504. The summed E-state index contributed by atoms with van der Waals surface area (Å²) in [6.45, 7) is 4.37. The summed E-state index contributed by atoms with van der Waals surface area (Å²) >= 11 is 0. The van der Waals surface area contributed by atoms with Gasteiger partial charge in [-0.1, -0.05) is 0 Å². The normalized spacial score (nSPS) is 16.8. The molecule has 1 aliphatic rings. The summed E-state index contributed by atoms with van der Waals surface area (Å²) in [4.78, 5) is 8.57. The van der Waals surface area contributed by atoms with Gasteiger partial charge in [-0.2, -0.15) is 0 Å². The molecule has 0 aromatic carbocycles. The lowest BCUT2D eigenvalue weighted by Crippen LogP contribution is -2.25. The minimum absolute atomic E-state index is 0.0353. The molecule has 3 heterocycles. The lowest BCUT2D eigenvalue weighted by molar-refractivity contribution is 0.432. The Balaban J connectivity index is 2.43. The van der Waals surface area contributed by atoms with Gasteiger partial charge in [-0.3, -0.25) is 0 Å². The van der Waals surface area contributed by atoms with Crippen LogP contribution in [0.2, 0.25) is 0 Å². The van der Waals surface area contributed by atoms with Crippen molar-refractivity contribution in [2.75, 3.05) is 0 Å². The van der Waals surface area contributed by atoms with Crippen molar-refractivity contribution in [3.05, 3.63) is 24.5 Å². The van der Waals surface area contributed by atoms with Crippen LogP contribution in [0.1, 0.15) is 19.5 Å². The molecular formula is C10H12N4. The van der Waals surface area contributed by atoms with Crippen molar-refractivity contribution in [3.63, 3.8) is 0 Å². The van der Waals surface area contributed by atoms with Crippen molar-refractivity contribution >= 4 is 0 Å². The Morgan fingerprint density at radius 1 is 1.29 bits per heavy atom. The topological polar surface area (TPSA) is 35.6 Å². The molecule has 0 spiro atoms. The van der Waals surface area contributed by atoms with E-state index in [1.54, 1.807) is 0 Å². The van der Waals surface area contributed by atoms with E-state index in [1.807, 2.05) is 25.9 Å². The van der Waals surface area contributed by atoms with Gasteiger partial charge < -0.3 is 9.13 Å². The summed E-state index contributed by atoms with van der Waals surface area (Å²) in [5.41, 5.74) is 3.40. The van der Waals surface area contributed by atoms with Crippen LogP contribution in [-0.2, 0) is 12.6 Å². The molecule has 3 rings (SSSR count). The quantitative estimate of drug-likeness (QED) is 0.626. The first-order chi connectivity index (χ1) is 6.62. The average molecular weight is 188 g/mol. The summed E-state index contributed by atoms with van der Waals surface area (Å²) in [6.07, 6.45) is 5.61. The van der Waals surface area contributed by atoms with E-state index >= 15 is 0 Å². The van der Waals surface area contributed by atoms with Crippen LogP contribution in [0.25, 0.3) is 11.4 Å².